The van der Waals surface area contributed by atoms with Gasteiger partial charge in [0.2, 0.25) is 0 Å². The molecule has 76 valence electrons. The first-order chi connectivity index (χ1) is 6.74. The number of rotatable bonds is 3. The fourth-order valence-electron chi connectivity index (χ4n) is 1.47. The van der Waals surface area contributed by atoms with E-state index in [1.54, 1.807) is 13.1 Å². The van der Waals surface area contributed by atoms with E-state index in [1.165, 1.54) is 7.11 Å². The van der Waals surface area contributed by atoms with E-state index in [1.807, 2.05) is 12.1 Å². The Morgan fingerprint density at radius 1 is 1.50 bits per heavy atom. The highest BCUT2D eigenvalue weighted by molar-refractivity contribution is 5.96. The van der Waals surface area contributed by atoms with Crippen LogP contribution in [0.5, 0.6) is 0 Å². The highest BCUT2D eigenvalue weighted by Crippen LogP contribution is 2.21. The number of benzene rings is 1. The molecule has 0 radical (unpaired) electrons. The molecule has 0 atom stereocenters. The van der Waals surface area contributed by atoms with Crippen LogP contribution in [0.4, 0.5) is 5.69 Å². The number of anilines is 1. The Morgan fingerprint density at radius 3 is 2.71 bits per heavy atom. The van der Waals surface area contributed by atoms with Gasteiger partial charge in [-0.05, 0) is 18.1 Å². The third-order valence-corrected chi connectivity index (χ3v) is 2.19. The van der Waals surface area contributed by atoms with Crippen molar-refractivity contribution in [2.24, 2.45) is 0 Å². The Bertz CT molecular complexity index is 334. The van der Waals surface area contributed by atoms with Gasteiger partial charge in [0.25, 0.3) is 0 Å². The summed E-state index contributed by atoms with van der Waals surface area (Å²) >= 11 is 0. The second kappa shape index (κ2) is 4.65. The molecule has 1 aromatic carbocycles. The van der Waals surface area contributed by atoms with Gasteiger partial charge < -0.3 is 10.1 Å². The largest absolute Gasteiger partial charge is 0.465 e. The lowest BCUT2D eigenvalue weighted by Crippen LogP contribution is -2.07. The molecule has 0 aliphatic rings. The molecule has 0 saturated carbocycles. The monoisotopic (exact) mass is 193 g/mol. The highest BCUT2D eigenvalue weighted by atomic mass is 16.5. The highest BCUT2D eigenvalue weighted by Gasteiger charge is 2.12. The molecule has 0 bridgehead atoms. The molecule has 1 rings (SSSR count). The van der Waals surface area contributed by atoms with Gasteiger partial charge in [-0.3, -0.25) is 0 Å². The van der Waals surface area contributed by atoms with Gasteiger partial charge in [-0.15, -0.1) is 0 Å². The molecule has 1 N–H and O–H groups in total. The van der Waals surface area contributed by atoms with Gasteiger partial charge in [0.05, 0.1) is 18.4 Å². The zero-order valence-corrected chi connectivity index (χ0v) is 8.76. The standard InChI is InChI=1S/C11H15NO2/c1-4-8-6-5-7-9(10(8)12-2)11(13)14-3/h5-7,12H,4H2,1-3H3. The number of para-hydroxylation sites is 1. The van der Waals surface area contributed by atoms with Gasteiger partial charge in [0.15, 0.2) is 0 Å². The van der Waals surface area contributed by atoms with Crippen molar-refractivity contribution in [3.8, 4) is 0 Å². The van der Waals surface area contributed by atoms with Gasteiger partial charge in [-0.2, -0.15) is 0 Å². The van der Waals surface area contributed by atoms with E-state index in [9.17, 15) is 4.79 Å². The predicted octanol–water partition coefficient (Wildman–Crippen LogP) is 2.08. The SMILES string of the molecule is CCc1cccc(C(=O)OC)c1NC. The van der Waals surface area contributed by atoms with Crippen LogP contribution in [0.1, 0.15) is 22.8 Å². The van der Waals surface area contributed by atoms with Crippen LogP contribution >= 0.6 is 0 Å². The van der Waals surface area contributed by atoms with E-state index in [0.29, 0.717) is 5.56 Å². The lowest BCUT2D eigenvalue weighted by Gasteiger charge is -2.11. The summed E-state index contributed by atoms with van der Waals surface area (Å²) in [5, 5.41) is 3.03. The maximum absolute atomic E-state index is 11.4. The van der Waals surface area contributed by atoms with Crippen LogP contribution in [-0.4, -0.2) is 20.1 Å². The summed E-state index contributed by atoms with van der Waals surface area (Å²) in [4.78, 5) is 11.4. The molecule has 1 aromatic rings. The predicted molar refractivity (Wildman–Crippen MR) is 56.7 cm³/mol. The number of hydrogen-bond acceptors (Lipinski definition) is 3. The molecule has 3 heteroatoms. The average molecular weight is 193 g/mol. The van der Waals surface area contributed by atoms with Crippen molar-refractivity contribution in [3.63, 3.8) is 0 Å². The first kappa shape index (κ1) is 10.6. The molecule has 14 heavy (non-hydrogen) atoms. The van der Waals surface area contributed by atoms with Crippen LogP contribution < -0.4 is 5.32 Å². The number of ether oxygens (including phenoxy) is 1. The van der Waals surface area contributed by atoms with Crippen LogP contribution in [0.15, 0.2) is 18.2 Å². The smallest absolute Gasteiger partial charge is 0.339 e. The van der Waals surface area contributed by atoms with E-state index >= 15 is 0 Å². The molecule has 0 aliphatic heterocycles. The van der Waals surface area contributed by atoms with Gasteiger partial charge in [0, 0.05) is 7.05 Å². The molecule has 0 fully saturated rings. The van der Waals surface area contributed by atoms with E-state index < -0.39 is 0 Å². The maximum Gasteiger partial charge on any atom is 0.339 e. The van der Waals surface area contributed by atoms with Crippen molar-refractivity contribution in [3.05, 3.63) is 29.3 Å². The molecule has 0 heterocycles. The molecule has 0 spiro atoms. The summed E-state index contributed by atoms with van der Waals surface area (Å²) < 4.78 is 4.70. The minimum absolute atomic E-state index is 0.301. The Hall–Kier alpha value is -1.51. The molecular formula is C11H15NO2. The normalized spacial score (nSPS) is 9.64. The zero-order valence-electron chi connectivity index (χ0n) is 8.76. The van der Waals surface area contributed by atoms with Crippen molar-refractivity contribution in [2.45, 2.75) is 13.3 Å². The zero-order chi connectivity index (χ0) is 10.6. The molecule has 0 amide bonds. The molecule has 3 nitrogen and oxygen atoms in total. The molecule has 0 aliphatic carbocycles. The Morgan fingerprint density at radius 2 is 2.21 bits per heavy atom. The fourth-order valence-corrected chi connectivity index (χ4v) is 1.47. The number of nitrogens with one attached hydrogen (secondary N) is 1. The number of methoxy groups -OCH3 is 1. The molecular weight excluding hydrogens is 178 g/mol. The quantitative estimate of drug-likeness (QED) is 0.747. The Balaban J connectivity index is 3.21. The molecule has 0 saturated heterocycles. The topological polar surface area (TPSA) is 38.3 Å². The number of esters is 1. The van der Waals surface area contributed by atoms with Crippen LogP contribution in [0.3, 0.4) is 0 Å². The van der Waals surface area contributed by atoms with E-state index in [2.05, 4.69) is 12.2 Å². The number of aryl methyl sites for hydroxylation is 1. The van der Waals surface area contributed by atoms with Crippen LogP contribution in [0.2, 0.25) is 0 Å². The molecule has 0 aromatic heterocycles. The van der Waals surface area contributed by atoms with Gasteiger partial charge in [-0.1, -0.05) is 19.1 Å². The lowest BCUT2D eigenvalue weighted by molar-refractivity contribution is 0.0602. The Labute approximate surface area is 84.1 Å². The Kier molecular flexibility index (Phi) is 3.51. The van der Waals surface area contributed by atoms with Crippen molar-refractivity contribution >= 4 is 11.7 Å². The van der Waals surface area contributed by atoms with Gasteiger partial charge >= 0.3 is 5.97 Å². The first-order valence-electron chi connectivity index (χ1n) is 4.62. The fraction of sp³-hybridized carbons (Fsp3) is 0.364. The first-order valence-corrected chi connectivity index (χ1v) is 4.62. The minimum atomic E-state index is -0.301. The number of carbonyl (C=O) groups is 1. The lowest BCUT2D eigenvalue weighted by atomic mass is 10.1. The van der Waals surface area contributed by atoms with Crippen LogP contribution in [0.25, 0.3) is 0 Å². The third-order valence-electron chi connectivity index (χ3n) is 2.19. The summed E-state index contributed by atoms with van der Waals surface area (Å²) in [6.45, 7) is 2.05. The second-order valence-electron chi connectivity index (χ2n) is 2.93. The summed E-state index contributed by atoms with van der Waals surface area (Å²) in [6.07, 6.45) is 0.890. The maximum atomic E-state index is 11.4. The van der Waals surface area contributed by atoms with Crippen molar-refractivity contribution in [1.82, 2.24) is 0 Å². The average Bonchev–Trinajstić information content (AvgIpc) is 2.26. The molecule has 0 unspecified atom stereocenters. The second-order valence-corrected chi connectivity index (χ2v) is 2.93. The van der Waals surface area contributed by atoms with Crippen LogP contribution in [-0.2, 0) is 11.2 Å². The summed E-state index contributed by atoms with van der Waals surface area (Å²) in [5.41, 5.74) is 2.58. The van der Waals surface area contributed by atoms with Crippen LogP contribution in [0, 0.1) is 0 Å². The summed E-state index contributed by atoms with van der Waals surface area (Å²) in [5.74, 6) is -0.301. The van der Waals surface area contributed by atoms with E-state index in [0.717, 1.165) is 17.7 Å². The van der Waals surface area contributed by atoms with E-state index in [-0.39, 0.29) is 5.97 Å². The van der Waals surface area contributed by atoms with Crippen molar-refractivity contribution in [1.29, 1.82) is 0 Å². The summed E-state index contributed by atoms with van der Waals surface area (Å²) in [7, 11) is 3.20. The summed E-state index contributed by atoms with van der Waals surface area (Å²) in [6, 6.07) is 5.63. The number of carbonyl (C=O) groups excluding carboxylic acids is 1. The van der Waals surface area contributed by atoms with Gasteiger partial charge in [0.1, 0.15) is 0 Å². The van der Waals surface area contributed by atoms with Gasteiger partial charge in [-0.25, -0.2) is 4.79 Å². The number of hydrogen-bond donors (Lipinski definition) is 1. The minimum Gasteiger partial charge on any atom is -0.465 e. The third kappa shape index (κ3) is 1.87. The van der Waals surface area contributed by atoms with Crippen molar-refractivity contribution < 1.29 is 9.53 Å². The van der Waals surface area contributed by atoms with Crippen molar-refractivity contribution in [2.75, 3.05) is 19.5 Å². The van der Waals surface area contributed by atoms with E-state index in [4.69, 9.17) is 4.74 Å².